The molecule has 0 unspecified atom stereocenters. The van der Waals surface area contributed by atoms with Crippen molar-refractivity contribution in [3.05, 3.63) is 83.4 Å². The molecule has 0 aromatic heterocycles. The van der Waals surface area contributed by atoms with Crippen molar-refractivity contribution in [3.8, 4) is 0 Å². The fraction of sp³-hybridized carbons (Fsp3) is 0.360. The van der Waals surface area contributed by atoms with Crippen LogP contribution >= 0.6 is 12.4 Å². The van der Waals surface area contributed by atoms with E-state index in [0.717, 1.165) is 55.2 Å². The second-order valence-corrected chi connectivity index (χ2v) is 10.0. The van der Waals surface area contributed by atoms with E-state index in [1.807, 2.05) is 24.3 Å². The Morgan fingerprint density at radius 2 is 1.61 bits per heavy atom. The van der Waals surface area contributed by atoms with Crippen molar-refractivity contribution in [1.29, 1.82) is 0 Å². The summed E-state index contributed by atoms with van der Waals surface area (Å²) in [7, 11) is -3.26. The molecule has 0 saturated heterocycles. The van der Waals surface area contributed by atoms with Gasteiger partial charge < -0.3 is 0 Å². The Labute approximate surface area is 192 Å². The quantitative estimate of drug-likeness (QED) is 0.478. The number of nitrogens with zero attached hydrogens (tertiary/aromatic N) is 1. The molecule has 1 aliphatic rings. The molecule has 0 spiro atoms. The largest absolute Gasteiger partial charge is 0.299 e. The maximum Gasteiger partial charge on any atom is 0.211 e. The standard InChI is InChI=1S/C25H30N2O2S.ClH/c28-30(29,19-15-23-12-7-11-22-9-3-4-13-25(22)23)26-16-5-6-17-27-18-14-21-8-1-2-10-24(21)20-27;/h1-4,7-13,26H,5-6,14-20H2;1H. The van der Waals surface area contributed by atoms with E-state index < -0.39 is 10.0 Å². The van der Waals surface area contributed by atoms with Crippen LogP contribution in [0.4, 0.5) is 0 Å². The van der Waals surface area contributed by atoms with Gasteiger partial charge in [-0.1, -0.05) is 66.7 Å². The fourth-order valence-corrected chi connectivity index (χ4v) is 5.35. The summed E-state index contributed by atoms with van der Waals surface area (Å²) in [5, 5.41) is 2.29. The van der Waals surface area contributed by atoms with Gasteiger partial charge in [0.2, 0.25) is 10.0 Å². The van der Waals surface area contributed by atoms with Gasteiger partial charge in [-0.3, -0.25) is 4.90 Å². The predicted octanol–water partition coefficient (Wildman–Crippen LogP) is 4.56. The first-order chi connectivity index (χ1) is 14.6. The van der Waals surface area contributed by atoms with E-state index in [2.05, 4.69) is 52.1 Å². The molecule has 1 N–H and O–H groups in total. The Balaban J connectivity index is 0.00000272. The Bertz CT molecular complexity index is 1100. The van der Waals surface area contributed by atoms with Crippen LogP contribution in [0.2, 0.25) is 0 Å². The maximum absolute atomic E-state index is 12.4. The normalized spacial score (nSPS) is 14.2. The van der Waals surface area contributed by atoms with Crippen molar-refractivity contribution in [1.82, 2.24) is 9.62 Å². The number of hydrogen-bond donors (Lipinski definition) is 1. The van der Waals surface area contributed by atoms with Gasteiger partial charge in [0.05, 0.1) is 5.75 Å². The second kappa shape index (κ2) is 11.1. The van der Waals surface area contributed by atoms with Crippen molar-refractivity contribution < 1.29 is 8.42 Å². The van der Waals surface area contributed by atoms with E-state index in [1.165, 1.54) is 11.1 Å². The Kier molecular flexibility index (Phi) is 8.50. The first-order valence-corrected chi connectivity index (χ1v) is 12.5. The highest BCUT2D eigenvalue weighted by molar-refractivity contribution is 7.89. The Hall–Kier alpha value is -1.92. The smallest absolute Gasteiger partial charge is 0.211 e. The first kappa shape index (κ1) is 23.7. The summed E-state index contributed by atoms with van der Waals surface area (Å²) < 4.78 is 27.6. The minimum Gasteiger partial charge on any atom is -0.299 e. The summed E-state index contributed by atoms with van der Waals surface area (Å²) in [6, 6.07) is 22.9. The van der Waals surface area contributed by atoms with E-state index in [9.17, 15) is 8.42 Å². The molecule has 3 aromatic carbocycles. The highest BCUT2D eigenvalue weighted by Crippen LogP contribution is 2.20. The zero-order valence-corrected chi connectivity index (χ0v) is 19.4. The van der Waals surface area contributed by atoms with Crippen molar-refractivity contribution in [2.75, 3.05) is 25.4 Å². The summed E-state index contributed by atoms with van der Waals surface area (Å²) in [6.45, 7) is 3.63. The van der Waals surface area contributed by atoms with Crippen molar-refractivity contribution in [3.63, 3.8) is 0 Å². The average Bonchev–Trinajstić information content (AvgIpc) is 2.77. The molecular formula is C25H31ClN2O2S. The van der Waals surface area contributed by atoms with Gasteiger partial charge in [-0.25, -0.2) is 13.1 Å². The van der Waals surface area contributed by atoms with Gasteiger partial charge in [0.25, 0.3) is 0 Å². The number of fused-ring (bicyclic) bond motifs is 2. The van der Waals surface area contributed by atoms with E-state index in [-0.39, 0.29) is 18.2 Å². The Morgan fingerprint density at radius 1 is 0.871 bits per heavy atom. The number of benzene rings is 3. The summed E-state index contributed by atoms with van der Waals surface area (Å²) in [5.74, 6) is 0.129. The zero-order chi connectivity index (χ0) is 20.8. The maximum atomic E-state index is 12.4. The van der Waals surface area contributed by atoms with Crippen LogP contribution in [0.1, 0.15) is 29.5 Å². The number of sulfonamides is 1. The number of nitrogens with one attached hydrogen (secondary N) is 1. The molecule has 6 heteroatoms. The number of unbranched alkanes of at least 4 members (excludes halogenated alkanes) is 1. The van der Waals surface area contributed by atoms with E-state index >= 15 is 0 Å². The van der Waals surface area contributed by atoms with Crippen LogP contribution in [0.3, 0.4) is 0 Å². The lowest BCUT2D eigenvalue weighted by Gasteiger charge is -2.28. The molecule has 31 heavy (non-hydrogen) atoms. The summed E-state index contributed by atoms with van der Waals surface area (Å²) in [6.07, 6.45) is 3.51. The van der Waals surface area contributed by atoms with Crippen LogP contribution in [0.5, 0.6) is 0 Å². The van der Waals surface area contributed by atoms with E-state index in [0.29, 0.717) is 13.0 Å². The SMILES string of the molecule is Cl.O=S(=O)(CCc1cccc2ccccc12)NCCCCN1CCc2ccccc2C1. The summed E-state index contributed by atoms with van der Waals surface area (Å²) in [4.78, 5) is 2.47. The van der Waals surface area contributed by atoms with Crippen molar-refractivity contribution in [2.45, 2.75) is 32.2 Å². The lowest BCUT2D eigenvalue weighted by atomic mass is 10.00. The van der Waals surface area contributed by atoms with Crippen LogP contribution < -0.4 is 4.72 Å². The third-order valence-electron chi connectivity index (χ3n) is 5.95. The van der Waals surface area contributed by atoms with Crippen LogP contribution in [-0.4, -0.2) is 38.7 Å². The van der Waals surface area contributed by atoms with Gasteiger partial charge in [-0.15, -0.1) is 12.4 Å². The summed E-state index contributed by atoms with van der Waals surface area (Å²) >= 11 is 0. The Morgan fingerprint density at radius 3 is 2.48 bits per heavy atom. The van der Waals surface area contributed by atoms with E-state index in [4.69, 9.17) is 0 Å². The van der Waals surface area contributed by atoms with Crippen LogP contribution in [0, 0.1) is 0 Å². The molecule has 0 bridgehead atoms. The number of halogens is 1. The molecule has 0 aliphatic carbocycles. The molecule has 0 atom stereocenters. The molecule has 166 valence electrons. The summed E-state index contributed by atoms with van der Waals surface area (Å²) in [5.41, 5.74) is 3.98. The van der Waals surface area contributed by atoms with Crippen molar-refractivity contribution >= 4 is 33.2 Å². The third-order valence-corrected chi connectivity index (χ3v) is 7.34. The van der Waals surface area contributed by atoms with Crippen molar-refractivity contribution in [2.24, 2.45) is 0 Å². The van der Waals surface area contributed by atoms with E-state index in [1.54, 1.807) is 0 Å². The van der Waals surface area contributed by atoms with Gasteiger partial charge >= 0.3 is 0 Å². The minimum absolute atomic E-state index is 0. The van der Waals surface area contributed by atoms with Gasteiger partial charge in [-0.05, 0) is 59.7 Å². The highest BCUT2D eigenvalue weighted by Gasteiger charge is 2.15. The molecule has 0 saturated carbocycles. The number of aryl methyl sites for hydroxylation is 1. The molecule has 0 amide bonds. The average molecular weight is 459 g/mol. The highest BCUT2D eigenvalue weighted by atomic mass is 35.5. The molecule has 0 radical (unpaired) electrons. The molecular weight excluding hydrogens is 428 g/mol. The predicted molar refractivity (Wildman–Crippen MR) is 131 cm³/mol. The van der Waals surface area contributed by atoms with Gasteiger partial charge in [-0.2, -0.15) is 0 Å². The second-order valence-electron chi connectivity index (χ2n) is 8.10. The molecule has 4 rings (SSSR count). The molecule has 1 aliphatic heterocycles. The lowest BCUT2D eigenvalue weighted by molar-refractivity contribution is 0.249. The van der Waals surface area contributed by atoms with Gasteiger partial charge in [0, 0.05) is 19.6 Å². The van der Waals surface area contributed by atoms with Crippen LogP contribution in [0.15, 0.2) is 66.7 Å². The van der Waals surface area contributed by atoms with Crippen LogP contribution in [-0.2, 0) is 29.4 Å². The zero-order valence-electron chi connectivity index (χ0n) is 17.8. The number of rotatable bonds is 9. The molecule has 0 fully saturated rings. The van der Waals surface area contributed by atoms with Crippen LogP contribution in [0.25, 0.3) is 10.8 Å². The monoisotopic (exact) mass is 458 g/mol. The molecule has 1 heterocycles. The third kappa shape index (κ3) is 6.53. The fourth-order valence-electron chi connectivity index (χ4n) is 4.26. The molecule has 4 nitrogen and oxygen atoms in total. The number of hydrogen-bond acceptors (Lipinski definition) is 3. The first-order valence-electron chi connectivity index (χ1n) is 10.8. The molecule has 3 aromatic rings. The van der Waals surface area contributed by atoms with Gasteiger partial charge in [0.15, 0.2) is 0 Å². The lowest BCUT2D eigenvalue weighted by Crippen LogP contribution is -2.32. The minimum atomic E-state index is -3.26. The topological polar surface area (TPSA) is 49.4 Å². The van der Waals surface area contributed by atoms with Gasteiger partial charge in [0.1, 0.15) is 0 Å².